The molecule has 3 aromatic rings. The Bertz CT molecular complexity index is 1360. The van der Waals surface area contributed by atoms with Crippen LogP contribution in [0.1, 0.15) is 34.8 Å². The van der Waals surface area contributed by atoms with Crippen molar-refractivity contribution in [1.29, 1.82) is 0 Å². The monoisotopic (exact) mass is 586 g/mol. The number of hydrogen-bond acceptors (Lipinski definition) is 6. The number of hydrogen-bond donors (Lipinski definition) is 1. The number of nitrogens with one attached hydrogen (secondary N) is 1. The Morgan fingerprint density at radius 3 is 2.00 bits per heavy atom. The van der Waals surface area contributed by atoms with Crippen LogP contribution >= 0.6 is 0 Å². The van der Waals surface area contributed by atoms with Crippen LogP contribution in [0, 0.1) is 11.7 Å². The van der Waals surface area contributed by atoms with E-state index in [1.54, 1.807) is 12.1 Å². The second kappa shape index (κ2) is 13.2. The number of carbonyl (C=O) groups is 3. The molecule has 3 aliphatic heterocycles. The fraction of sp³-hybridized carbons (Fsp3) is 0.323. The van der Waals surface area contributed by atoms with E-state index >= 15 is 0 Å². The van der Waals surface area contributed by atoms with E-state index in [4.69, 9.17) is 14.6 Å². The lowest BCUT2D eigenvalue weighted by Crippen LogP contribution is -2.65. The minimum Gasteiger partial charge on any atom is -0.542 e. The van der Waals surface area contributed by atoms with Crippen molar-refractivity contribution in [3.05, 3.63) is 102 Å². The molecule has 3 saturated heterocycles. The molecule has 0 spiro atoms. The molecule has 0 aromatic heterocycles. The zero-order valence-corrected chi connectivity index (χ0v) is 22.6. The third-order valence-electron chi connectivity index (χ3n) is 7.64. The van der Waals surface area contributed by atoms with E-state index < -0.39 is 18.2 Å². The summed E-state index contributed by atoms with van der Waals surface area (Å²) in [5, 5.41) is 12.1. The maximum absolute atomic E-state index is 13.5. The molecular weight excluding hydrogens is 556 g/mol. The van der Waals surface area contributed by atoms with Crippen molar-refractivity contribution < 1.29 is 46.3 Å². The number of Topliss-reactive ketones (excluding diaryl/α,β-unsaturated/α-hetero) is 1. The topological polar surface area (TPSA) is 95.5 Å². The number of carbonyl (C=O) groups excluding carboxylic acids is 3. The van der Waals surface area contributed by atoms with Gasteiger partial charge in [0.05, 0.1) is 13.1 Å². The molecule has 42 heavy (non-hydrogen) atoms. The van der Waals surface area contributed by atoms with Gasteiger partial charge >= 0.3 is 12.1 Å². The van der Waals surface area contributed by atoms with Crippen molar-refractivity contribution in [2.24, 2.45) is 5.92 Å². The molecule has 0 amide bonds. The number of nitrogens with zero attached hydrogens (tertiary/aromatic N) is 1. The smallest absolute Gasteiger partial charge is 0.430 e. The zero-order valence-electron chi connectivity index (χ0n) is 22.6. The average Bonchev–Trinajstić information content (AvgIpc) is 2.97. The number of esters is 1. The highest BCUT2D eigenvalue weighted by Crippen LogP contribution is 2.36. The van der Waals surface area contributed by atoms with Gasteiger partial charge < -0.3 is 24.4 Å². The first-order chi connectivity index (χ1) is 20.0. The Balaban J connectivity index is 0.000000517. The molecule has 1 unspecified atom stereocenters. The van der Waals surface area contributed by atoms with Crippen molar-refractivity contribution in [3.8, 4) is 0 Å². The molecule has 7 nitrogen and oxygen atoms in total. The summed E-state index contributed by atoms with van der Waals surface area (Å²) in [5.74, 6) is -3.35. The number of anilines is 1. The number of carboxylic acid groups (broad SMARTS) is 1. The number of benzene rings is 3. The Labute approximate surface area is 240 Å². The third-order valence-corrected chi connectivity index (χ3v) is 7.64. The van der Waals surface area contributed by atoms with Gasteiger partial charge in [0.1, 0.15) is 24.9 Å². The van der Waals surface area contributed by atoms with Crippen LogP contribution in [0.2, 0.25) is 0 Å². The van der Waals surface area contributed by atoms with E-state index in [-0.39, 0.29) is 23.7 Å². The van der Waals surface area contributed by atoms with E-state index in [9.17, 15) is 27.2 Å². The number of quaternary nitrogens is 1. The lowest BCUT2D eigenvalue weighted by molar-refractivity contribution is -0.938. The Kier molecular flexibility index (Phi) is 9.62. The van der Waals surface area contributed by atoms with E-state index in [1.807, 2.05) is 60.7 Å². The lowest BCUT2D eigenvalue weighted by Gasteiger charge is -2.51. The predicted molar refractivity (Wildman–Crippen MR) is 143 cm³/mol. The summed E-state index contributed by atoms with van der Waals surface area (Å²) in [5.41, 5.74) is 2.22. The summed E-state index contributed by atoms with van der Waals surface area (Å²) in [6.07, 6.45) is -3.57. The SMILES string of the molecule is O=C(C[N+]12CCC(CC1)[C@@H](OC(=O)C(Nc1ccccc1)c1ccccc1)C2)c1ccc(F)cc1.O=C([O-])C(F)(F)F. The van der Waals surface area contributed by atoms with Crippen LogP contribution < -0.4 is 10.4 Å². The molecule has 3 fully saturated rings. The third kappa shape index (κ3) is 7.94. The largest absolute Gasteiger partial charge is 0.542 e. The molecule has 0 saturated carbocycles. The van der Waals surface area contributed by atoms with Crippen LogP contribution in [0.3, 0.4) is 0 Å². The number of alkyl halides is 3. The fourth-order valence-corrected chi connectivity index (χ4v) is 5.45. The quantitative estimate of drug-likeness (QED) is 0.183. The molecular formula is C31H30F4N2O5. The molecule has 3 aromatic carbocycles. The Hall–Kier alpha value is -4.25. The number of ether oxygens (including phenoxy) is 1. The van der Waals surface area contributed by atoms with Crippen LogP contribution in [0.5, 0.6) is 0 Å². The van der Waals surface area contributed by atoms with Crippen LogP contribution in [0.4, 0.5) is 23.2 Å². The van der Waals surface area contributed by atoms with Gasteiger partial charge in [-0.1, -0.05) is 48.5 Å². The van der Waals surface area contributed by atoms with Crippen molar-refractivity contribution in [2.45, 2.75) is 31.2 Å². The van der Waals surface area contributed by atoms with Crippen LogP contribution in [-0.4, -0.2) is 60.7 Å². The number of ketones is 1. The van der Waals surface area contributed by atoms with Crippen molar-refractivity contribution in [2.75, 3.05) is 31.5 Å². The number of aliphatic carboxylic acids is 1. The van der Waals surface area contributed by atoms with Crippen LogP contribution in [-0.2, 0) is 14.3 Å². The van der Waals surface area contributed by atoms with Gasteiger partial charge in [0.15, 0.2) is 12.1 Å². The molecule has 2 atom stereocenters. The normalized spacial score (nSPS) is 21.8. The lowest BCUT2D eigenvalue weighted by atomic mass is 9.82. The second-order valence-electron chi connectivity index (χ2n) is 10.5. The van der Waals surface area contributed by atoms with Crippen LogP contribution in [0.25, 0.3) is 0 Å². The summed E-state index contributed by atoms with van der Waals surface area (Å²) in [6.45, 7) is 2.78. The van der Waals surface area contributed by atoms with Gasteiger partial charge in [-0.05, 0) is 42.0 Å². The summed E-state index contributed by atoms with van der Waals surface area (Å²) in [7, 11) is 0. The van der Waals surface area contributed by atoms with Crippen molar-refractivity contribution in [3.63, 3.8) is 0 Å². The number of para-hydroxylation sites is 1. The van der Waals surface area contributed by atoms with Gasteiger partial charge in [0.25, 0.3) is 0 Å². The van der Waals surface area contributed by atoms with Gasteiger partial charge in [-0.3, -0.25) is 4.79 Å². The van der Waals surface area contributed by atoms with Crippen LogP contribution in [0.15, 0.2) is 84.9 Å². The molecule has 1 N–H and O–H groups in total. The molecule has 222 valence electrons. The number of fused-ring (bicyclic) bond motifs is 3. The highest BCUT2D eigenvalue weighted by molar-refractivity contribution is 5.97. The first-order valence-electron chi connectivity index (χ1n) is 13.4. The number of piperidine rings is 3. The molecule has 6 rings (SSSR count). The van der Waals surface area contributed by atoms with Gasteiger partial charge in [-0.25, -0.2) is 9.18 Å². The van der Waals surface area contributed by atoms with Crippen molar-refractivity contribution >= 4 is 23.4 Å². The van der Waals surface area contributed by atoms with E-state index in [0.29, 0.717) is 29.1 Å². The van der Waals surface area contributed by atoms with Gasteiger partial charge in [0, 0.05) is 30.0 Å². The molecule has 3 aliphatic rings. The molecule has 3 heterocycles. The first-order valence-corrected chi connectivity index (χ1v) is 13.4. The standard InChI is InChI=1S/C29H30FN2O3.C2HF3O2/c30-24-13-11-21(12-14-24)26(33)19-32-17-15-22(16-18-32)27(20-32)35-29(34)28(23-7-3-1-4-8-23)31-25-9-5-2-6-10-25;3-2(4,5)1(6)7/h1-14,22,27-28,31H,15-20H2;(H,6,7)/q+1;/p-1/t22?,27-,28?,32?;/m0./s1. The summed E-state index contributed by atoms with van der Waals surface area (Å²) >= 11 is 0. The first kappa shape index (κ1) is 30.7. The molecule has 11 heteroatoms. The number of halogens is 4. The highest BCUT2D eigenvalue weighted by atomic mass is 19.4. The maximum Gasteiger partial charge on any atom is 0.430 e. The van der Waals surface area contributed by atoms with Gasteiger partial charge in [0.2, 0.25) is 5.78 Å². The van der Waals surface area contributed by atoms with E-state index in [0.717, 1.165) is 37.2 Å². The minimum atomic E-state index is -5.19. The molecule has 2 bridgehead atoms. The maximum atomic E-state index is 13.5. The van der Waals surface area contributed by atoms with E-state index in [1.165, 1.54) is 12.1 Å². The summed E-state index contributed by atoms with van der Waals surface area (Å²) < 4.78 is 51.6. The average molecular weight is 587 g/mol. The highest BCUT2D eigenvalue weighted by Gasteiger charge is 2.49. The Morgan fingerprint density at radius 1 is 0.905 bits per heavy atom. The predicted octanol–water partition coefficient (Wildman–Crippen LogP) is 4.31. The Morgan fingerprint density at radius 2 is 1.45 bits per heavy atom. The van der Waals surface area contributed by atoms with E-state index in [2.05, 4.69) is 5.32 Å². The minimum absolute atomic E-state index is 0.00309. The fourth-order valence-electron chi connectivity index (χ4n) is 5.45. The molecule has 0 radical (unpaired) electrons. The second-order valence-corrected chi connectivity index (χ2v) is 10.5. The number of carboxylic acids is 1. The summed E-state index contributed by atoms with van der Waals surface area (Å²) in [4.78, 5) is 35.2. The van der Waals surface area contributed by atoms with Crippen molar-refractivity contribution in [1.82, 2.24) is 0 Å². The zero-order chi connectivity index (χ0) is 30.3. The molecule has 0 aliphatic carbocycles. The summed E-state index contributed by atoms with van der Waals surface area (Å²) in [6, 6.07) is 24.4. The number of rotatable bonds is 8. The van der Waals surface area contributed by atoms with Gasteiger partial charge in [-0.2, -0.15) is 13.2 Å². The van der Waals surface area contributed by atoms with Gasteiger partial charge in [-0.15, -0.1) is 0 Å².